The fourth-order valence-corrected chi connectivity index (χ4v) is 3.30. The summed E-state index contributed by atoms with van der Waals surface area (Å²) in [4.78, 5) is 21.4. The lowest BCUT2D eigenvalue weighted by atomic mass is 10.1. The Morgan fingerprint density at radius 3 is 2.70 bits per heavy atom. The molecule has 0 bridgehead atoms. The van der Waals surface area contributed by atoms with Crippen LogP contribution in [0.15, 0.2) is 30.3 Å². The molecule has 1 aliphatic rings. The van der Waals surface area contributed by atoms with Crippen molar-refractivity contribution in [1.29, 1.82) is 0 Å². The van der Waals surface area contributed by atoms with E-state index in [1.165, 1.54) is 0 Å². The van der Waals surface area contributed by atoms with Crippen molar-refractivity contribution in [1.82, 2.24) is 14.8 Å². The van der Waals surface area contributed by atoms with E-state index >= 15 is 0 Å². The summed E-state index contributed by atoms with van der Waals surface area (Å²) < 4.78 is 5.22. The van der Waals surface area contributed by atoms with Gasteiger partial charge in [0, 0.05) is 24.5 Å². The molecule has 122 valence electrons. The third-order valence-electron chi connectivity index (χ3n) is 4.64. The summed E-state index contributed by atoms with van der Waals surface area (Å²) in [5.41, 5.74) is 1.32. The fraction of sp³-hybridized carbons (Fsp3) is 0.444. The molecule has 1 aromatic carbocycles. The Labute approximate surface area is 136 Å². The van der Waals surface area contributed by atoms with Gasteiger partial charge in [-0.15, -0.1) is 0 Å². The standard InChI is InChI=1S/C18H23N3O2/c1-12-10-21(11-17(12)20(2)3)18(22)16-7-5-13-9-14(23-4)6-8-15(13)19-16/h5-9,12,17H,10-11H2,1-4H3/t12-,17-/m0/s1. The number of ether oxygens (including phenoxy) is 1. The van der Waals surface area contributed by atoms with Gasteiger partial charge in [0.1, 0.15) is 11.4 Å². The molecule has 1 aromatic heterocycles. The van der Waals surface area contributed by atoms with Crippen LogP contribution in [0.25, 0.3) is 10.9 Å². The van der Waals surface area contributed by atoms with E-state index in [0.717, 1.165) is 29.7 Å². The number of hydrogen-bond donors (Lipinski definition) is 0. The Balaban J connectivity index is 1.84. The Morgan fingerprint density at radius 2 is 2.04 bits per heavy atom. The van der Waals surface area contributed by atoms with Crippen molar-refractivity contribution in [3.05, 3.63) is 36.0 Å². The molecule has 2 aromatic rings. The molecule has 0 saturated carbocycles. The molecule has 0 unspecified atom stereocenters. The highest BCUT2D eigenvalue weighted by molar-refractivity contribution is 5.95. The zero-order chi connectivity index (χ0) is 16.6. The molecule has 1 amide bonds. The van der Waals surface area contributed by atoms with E-state index in [9.17, 15) is 4.79 Å². The van der Waals surface area contributed by atoms with E-state index in [2.05, 4.69) is 30.9 Å². The summed E-state index contributed by atoms with van der Waals surface area (Å²) in [7, 11) is 5.77. The van der Waals surface area contributed by atoms with E-state index in [0.29, 0.717) is 17.7 Å². The second kappa shape index (κ2) is 6.16. The number of hydrogen-bond acceptors (Lipinski definition) is 4. The number of amides is 1. The number of likely N-dealkylation sites (tertiary alicyclic amines) is 1. The first-order chi connectivity index (χ1) is 11.0. The van der Waals surface area contributed by atoms with Gasteiger partial charge in [-0.25, -0.2) is 4.98 Å². The van der Waals surface area contributed by atoms with Gasteiger partial charge in [-0.1, -0.05) is 13.0 Å². The molecule has 5 heteroatoms. The van der Waals surface area contributed by atoms with Crippen molar-refractivity contribution in [2.75, 3.05) is 34.3 Å². The minimum atomic E-state index is 0.0129. The topological polar surface area (TPSA) is 45.7 Å². The van der Waals surface area contributed by atoms with Crippen LogP contribution in [-0.4, -0.2) is 61.0 Å². The third-order valence-corrected chi connectivity index (χ3v) is 4.64. The monoisotopic (exact) mass is 313 g/mol. The zero-order valence-electron chi connectivity index (χ0n) is 14.1. The molecule has 2 heterocycles. The zero-order valence-corrected chi connectivity index (χ0v) is 14.1. The molecule has 1 fully saturated rings. The smallest absolute Gasteiger partial charge is 0.272 e. The third kappa shape index (κ3) is 3.01. The largest absolute Gasteiger partial charge is 0.497 e. The summed E-state index contributed by atoms with van der Waals surface area (Å²) in [5, 5.41) is 0.974. The van der Waals surface area contributed by atoms with Crippen LogP contribution >= 0.6 is 0 Å². The molecule has 2 atom stereocenters. The number of carbonyl (C=O) groups excluding carboxylic acids is 1. The van der Waals surface area contributed by atoms with Crippen LogP contribution in [0.1, 0.15) is 17.4 Å². The van der Waals surface area contributed by atoms with Gasteiger partial charge in [-0.05, 0) is 44.3 Å². The fourth-order valence-electron chi connectivity index (χ4n) is 3.30. The summed E-state index contributed by atoms with van der Waals surface area (Å²) >= 11 is 0. The number of pyridine rings is 1. The minimum absolute atomic E-state index is 0.0129. The summed E-state index contributed by atoms with van der Waals surface area (Å²) in [6.45, 7) is 3.73. The van der Waals surface area contributed by atoms with Gasteiger partial charge < -0.3 is 14.5 Å². The van der Waals surface area contributed by atoms with Gasteiger partial charge in [0.15, 0.2) is 0 Å². The van der Waals surface area contributed by atoms with Crippen LogP contribution in [0.2, 0.25) is 0 Å². The number of methoxy groups -OCH3 is 1. The molecular formula is C18H23N3O2. The second-order valence-electron chi connectivity index (χ2n) is 6.47. The highest BCUT2D eigenvalue weighted by atomic mass is 16.5. The Morgan fingerprint density at radius 1 is 1.26 bits per heavy atom. The number of rotatable bonds is 3. The number of likely N-dealkylation sites (N-methyl/N-ethyl adjacent to an activating group) is 1. The van der Waals surface area contributed by atoms with Crippen molar-refractivity contribution in [3.63, 3.8) is 0 Å². The van der Waals surface area contributed by atoms with Crippen molar-refractivity contribution >= 4 is 16.8 Å². The number of fused-ring (bicyclic) bond motifs is 1. The highest BCUT2D eigenvalue weighted by Crippen LogP contribution is 2.23. The molecule has 5 nitrogen and oxygen atoms in total. The maximum absolute atomic E-state index is 12.7. The van der Waals surface area contributed by atoms with Gasteiger partial charge in [0.05, 0.1) is 12.6 Å². The second-order valence-corrected chi connectivity index (χ2v) is 6.47. The quantitative estimate of drug-likeness (QED) is 0.872. The van der Waals surface area contributed by atoms with Crippen molar-refractivity contribution < 1.29 is 9.53 Å². The number of benzene rings is 1. The minimum Gasteiger partial charge on any atom is -0.497 e. The summed E-state index contributed by atoms with van der Waals surface area (Å²) in [6, 6.07) is 9.82. The van der Waals surface area contributed by atoms with Gasteiger partial charge >= 0.3 is 0 Å². The first-order valence-corrected chi connectivity index (χ1v) is 7.90. The van der Waals surface area contributed by atoms with Crippen molar-refractivity contribution in [2.45, 2.75) is 13.0 Å². The molecule has 0 aliphatic carbocycles. The van der Waals surface area contributed by atoms with Gasteiger partial charge in [0.2, 0.25) is 0 Å². The number of nitrogens with zero attached hydrogens (tertiary/aromatic N) is 3. The summed E-state index contributed by atoms with van der Waals surface area (Å²) in [6.07, 6.45) is 0. The maximum Gasteiger partial charge on any atom is 0.272 e. The molecule has 1 saturated heterocycles. The van der Waals surface area contributed by atoms with Crippen molar-refractivity contribution in [2.24, 2.45) is 5.92 Å². The van der Waals surface area contributed by atoms with Crippen LogP contribution in [0, 0.1) is 5.92 Å². The molecular weight excluding hydrogens is 290 g/mol. The van der Waals surface area contributed by atoms with E-state index in [4.69, 9.17) is 4.74 Å². The Hall–Kier alpha value is -2.14. The summed E-state index contributed by atoms with van der Waals surface area (Å²) in [5.74, 6) is 1.28. The van der Waals surface area contributed by atoms with Gasteiger partial charge in [-0.2, -0.15) is 0 Å². The van der Waals surface area contributed by atoms with Crippen LogP contribution in [0.5, 0.6) is 5.75 Å². The SMILES string of the molecule is COc1ccc2nc(C(=O)N3C[C@H](C)[C@@H](N(C)C)C3)ccc2c1. The number of aromatic nitrogens is 1. The van der Waals surface area contributed by atoms with Crippen molar-refractivity contribution in [3.8, 4) is 5.75 Å². The Kier molecular flexibility index (Phi) is 4.22. The average Bonchev–Trinajstić information content (AvgIpc) is 2.95. The maximum atomic E-state index is 12.7. The van der Waals surface area contributed by atoms with E-state index in [1.54, 1.807) is 13.2 Å². The van der Waals surface area contributed by atoms with E-state index in [1.807, 2.05) is 29.2 Å². The van der Waals surface area contributed by atoms with Crippen LogP contribution in [0.4, 0.5) is 0 Å². The predicted molar refractivity (Wildman–Crippen MR) is 90.8 cm³/mol. The average molecular weight is 313 g/mol. The van der Waals surface area contributed by atoms with E-state index in [-0.39, 0.29) is 5.91 Å². The molecule has 3 rings (SSSR count). The first kappa shape index (κ1) is 15.7. The normalized spacial score (nSPS) is 21.2. The van der Waals surface area contributed by atoms with Gasteiger partial charge in [0.25, 0.3) is 5.91 Å². The van der Waals surface area contributed by atoms with E-state index < -0.39 is 0 Å². The van der Waals surface area contributed by atoms with Crippen LogP contribution < -0.4 is 4.74 Å². The molecule has 0 N–H and O–H groups in total. The Bertz CT molecular complexity index is 729. The lowest BCUT2D eigenvalue weighted by Gasteiger charge is -2.22. The predicted octanol–water partition coefficient (Wildman–Crippen LogP) is 2.27. The molecule has 1 aliphatic heterocycles. The lowest BCUT2D eigenvalue weighted by molar-refractivity contribution is 0.0776. The highest BCUT2D eigenvalue weighted by Gasteiger charge is 2.34. The lowest BCUT2D eigenvalue weighted by Crippen LogP contribution is -2.36. The molecule has 23 heavy (non-hydrogen) atoms. The first-order valence-electron chi connectivity index (χ1n) is 7.90. The van der Waals surface area contributed by atoms with Crippen LogP contribution in [-0.2, 0) is 0 Å². The van der Waals surface area contributed by atoms with Crippen LogP contribution in [0.3, 0.4) is 0 Å². The molecule has 0 spiro atoms. The molecule has 0 radical (unpaired) electrons. The number of carbonyl (C=O) groups is 1. The van der Waals surface area contributed by atoms with Gasteiger partial charge in [-0.3, -0.25) is 4.79 Å².